The molecular weight excluding hydrogens is 277 g/mol. The molecule has 0 aromatic heterocycles. The van der Waals surface area contributed by atoms with E-state index >= 15 is 0 Å². The van der Waals surface area contributed by atoms with E-state index in [0.717, 1.165) is 17.7 Å². The van der Waals surface area contributed by atoms with Crippen molar-refractivity contribution in [2.45, 2.75) is 38.6 Å². The Kier molecular flexibility index (Phi) is 3.51. The number of halogens is 1. The standard InChI is InChI=1S/C19H20FNO/c1-13-12-14-6-4-5-7-17(14)21(13)18(22)19(2,3)15-8-10-16(20)11-9-15/h4-11,13H,12H2,1-3H3. The SMILES string of the molecule is CC1Cc2ccccc2N1C(=O)C(C)(C)c1ccc(F)cc1. The molecule has 1 amide bonds. The summed E-state index contributed by atoms with van der Waals surface area (Å²) < 4.78 is 13.1. The summed E-state index contributed by atoms with van der Waals surface area (Å²) >= 11 is 0. The van der Waals surface area contributed by atoms with Gasteiger partial charge in [0, 0.05) is 11.7 Å². The van der Waals surface area contributed by atoms with Crippen molar-refractivity contribution in [1.29, 1.82) is 0 Å². The number of benzene rings is 2. The molecular formula is C19H20FNO. The van der Waals surface area contributed by atoms with Gasteiger partial charge in [-0.15, -0.1) is 0 Å². The number of amides is 1. The second kappa shape index (κ2) is 5.24. The number of anilines is 1. The third kappa shape index (κ3) is 2.31. The molecule has 0 N–H and O–H groups in total. The molecule has 0 aliphatic carbocycles. The molecule has 1 unspecified atom stereocenters. The Morgan fingerprint density at radius 3 is 2.45 bits per heavy atom. The van der Waals surface area contributed by atoms with Gasteiger partial charge in [-0.05, 0) is 56.5 Å². The molecule has 3 rings (SSSR count). The van der Waals surface area contributed by atoms with Crippen molar-refractivity contribution in [3.63, 3.8) is 0 Å². The van der Waals surface area contributed by atoms with Gasteiger partial charge in [-0.2, -0.15) is 0 Å². The summed E-state index contributed by atoms with van der Waals surface area (Å²) in [5.41, 5.74) is 2.34. The molecule has 1 aliphatic rings. The highest BCUT2D eigenvalue weighted by molar-refractivity contribution is 6.02. The van der Waals surface area contributed by atoms with Crippen molar-refractivity contribution in [1.82, 2.24) is 0 Å². The van der Waals surface area contributed by atoms with Gasteiger partial charge in [0.15, 0.2) is 0 Å². The number of fused-ring (bicyclic) bond motifs is 1. The Morgan fingerprint density at radius 2 is 1.77 bits per heavy atom. The van der Waals surface area contributed by atoms with Crippen LogP contribution in [0.25, 0.3) is 0 Å². The van der Waals surface area contributed by atoms with Gasteiger partial charge in [-0.1, -0.05) is 30.3 Å². The quantitative estimate of drug-likeness (QED) is 0.818. The van der Waals surface area contributed by atoms with Crippen LogP contribution in [0.15, 0.2) is 48.5 Å². The summed E-state index contributed by atoms with van der Waals surface area (Å²) in [5.74, 6) is -0.233. The largest absolute Gasteiger partial charge is 0.308 e. The van der Waals surface area contributed by atoms with Crippen molar-refractivity contribution in [3.8, 4) is 0 Å². The van der Waals surface area contributed by atoms with Crippen molar-refractivity contribution in [2.75, 3.05) is 4.90 Å². The van der Waals surface area contributed by atoms with Crippen LogP contribution in [-0.2, 0) is 16.6 Å². The van der Waals surface area contributed by atoms with Crippen LogP contribution in [0.2, 0.25) is 0 Å². The second-order valence-corrected chi connectivity index (χ2v) is 6.49. The molecule has 1 atom stereocenters. The molecule has 0 radical (unpaired) electrons. The molecule has 0 saturated heterocycles. The van der Waals surface area contributed by atoms with E-state index in [9.17, 15) is 9.18 Å². The first-order valence-corrected chi connectivity index (χ1v) is 7.59. The third-order valence-electron chi connectivity index (χ3n) is 4.53. The fraction of sp³-hybridized carbons (Fsp3) is 0.316. The highest BCUT2D eigenvalue weighted by Gasteiger charge is 2.39. The van der Waals surface area contributed by atoms with Crippen LogP contribution >= 0.6 is 0 Å². The first-order chi connectivity index (χ1) is 10.4. The zero-order valence-electron chi connectivity index (χ0n) is 13.1. The predicted octanol–water partition coefficient (Wildman–Crippen LogP) is 4.08. The van der Waals surface area contributed by atoms with E-state index in [1.54, 1.807) is 12.1 Å². The normalized spacial score (nSPS) is 17.5. The zero-order chi connectivity index (χ0) is 15.9. The number of hydrogen-bond donors (Lipinski definition) is 0. The maximum Gasteiger partial charge on any atom is 0.237 e. The van der Waals surface area contributed by atoms with Gasteiger partial charge >= 0.3 is 0 Å². The summed E-state index contributed by atoms with van der Waals surface area (Å²) in [6, 6.07) is 14.4. The van der Waals surface area contributed by atoms with Gasteiger partial charge < -0.3 is 4.90 Å². The Bertz CT molecular complexity index is 706. The van der Waals surface area contributed by atoms with Crippen molar-refractivity contribution in [2.24, 2.45) is 0 Å². The van der Waals surface area contributed by atoms with Gasteiger partial charge in [0.25, 0.3) is 0 Å². The summed E-state index contributed by atoms with van der Waals surface area (Å²) in [6.07, 6.45) is 0.876. The Hall–Kier alpha value is -2.16. The van der Waals surface area contributed by atoms with Gasteiger partial charge in [0.2, 0.25) is 5.91 Å². The first-order valence-electron chi connectivity index (χ1n) is 7.59. The van der Waals surface area contributed by atoms with E-state index in [2.05, 4.69) is 13.0 Å². The number of para-hydroxylation sites is 1. The molecule has 0 fully saturated rings. The maximum absolute atomic E-state index is 13.2. The Labute approximate surface area is 130 Å². The fourth-order valence-electron chi connectivity index (χ4n) is 3.17. The molecule has 2 aromatic carbocycles. The maximum atomic E-state index is 13.2. The number of hydrogen-bond acceptors (Lipinski definition) is 1. The minimum atomic E-state index is -0.695. The van der Waals surface area contributed by atoms with E-state index in [1.165, 1.54) is 17.7 Å². The molecule has 2 nitrogen and oxygen atoms in total. The first kappa shape index (κ1) is 14.8. The highest BCUT2D eigenvalue weighted by Crippen LogP contribution is 2.36. The topological polar surface area (TPSA) is 20.3 Å². The summed E-state index contributed by atoms with van der Waals surface area (Å²) in [6.45, 7) is 5.87. The molecule has 1 aliphatic heterocycles. The number of rotatable bonds is 2. The minimum Gasteiger partial charge on any atom is -0.308 e. The monoisotopic (exact) mass is 297 g/mol. The second-order valence-electron chi connectivity index (χ2n) is 6.49. The van der Waals surface area contributed by atoms with Gasteiger partial charge in [-0.25, -0.2) is 4.39 Å². The van der Waals surface area contributed by atoms with Crippen LogP contribution in [0.5, 0.6) is 0 Å². The van der Waals surface area contributed by atoms with E-state index in [0.29, 0.717) is 0 Å². The Balaban J connectivity index is 1.98. The van der Waals surface area contributed by atoms with Crippen LogP contribution in [0.4, 0.5) is 10.1 Å². The lowest BCUT2D eigenvalue weighted by Gasteiger charge is -2.32. The fourth-order valence-corrected chi connectivity index (χ4v) is 3.17. The van der Waals surface area contributed by atoms with Gasteiger partial charge in [0.1, 0.15) is 5.82 Å². The average molecular weight is 297 g/mol. The lowest BCUT2D eigenvalue weighted by molar-refractivity contribution is -0.123. The average Bonchev–Trinajstić information content (AvgIpc) is 2.82. The zero-order valence-corrected chi connectivity index (χ0v) is 13.1. The molecule has 0 spiro atoms. The van der Waals surface area contributed by atoms with Crippen LogP contribution in [-0.4, -0.2) is 11.9 Å². The van der Waals surface area contributed by atoms with Gasteiger partial charge in [0.05, 0.1) is 5.41 Å². The van der Waals surface area contributed by atoms with Gasteiger partial charge in [-0.3, -0.25) is 4.79 Å². The summed E-state index contributed by atoms with van der Waals surface area (Å²) in [5, 5.41) is 0. The number of carbonyl (C=O) groups is 1. The van der Waals surface area contributed by atoms with Crippen LogP contribution < -0.4 is 4.90 Å². The van der Waals surface area contributed by atoms with E-state index in [4.69, 9.17) is 0 Å². The van der Waals surface area contributed by atoms with E-state index < -0.39 is 5.41 Å². The highest BCUT2D eigenvalue weighted by atomic mass is 19.1. The molecule has 22 heavy (non-hydrogen) atoms. The summed E-state index contributed by atoms with van der Waals surface area (Å²) in [7, 11) is 0. The minimum absolute atomic E-state index is 0.0524. The van der Waals surface area contributed by atoms with Crippen LogP contribution in [0.3, 0.4) is 0 Å². The molecule has 2 aromatic rings. The predicted molar refractivity (Wildman–Crippen MR) is 86.5 cm³/mol. The molecule has 1 heterocycles. The van der Waals surface area contributed by atoms with Crippen molar-refractivity contribution < 1.29 is 9.18 Å². The molecule has 0 saturated carbocycles. The molecule has 3 heteroatoms. The Morgan fingerprint density at radius 1 is 1.14 bits per heavy atom. The number of nitrogens with zero attached hydrogens (tertiary/aromatic N) is 1. The number of carbonyl (C=O) groups excluding carboxylic acids is 1. The van der Waals surface area contributed by atoms with E-state index in [-0.39, 0.29) is 17.8 Å². The van der Waals surface area contributed by atoms with Crippen LogP contribution in [0.1, 0.15) is 31.9 Å². The lowest BCUT2D eigenvalue weighted by Crippen LogP contribution is -2.46. The molecule has 114 valence electrons. The summed E-state index contributed by atoms with van der Waals surface area (Å²) in [4.78, 5) is 15.0. The van der Waals surface area contributed by atoms with E-state index in [1.807, 2.05) is 36.9 Å². The molecule has 0 bridgehead atoms. The third-order valence-corrected chi connectivity index (χ3v) is 4.53. The smallest absolute Gasteiger partial charge is 0.237 e. The van der Waals surface area contributed by atoms with Crippen molar-refractivity contribution >= 4 is 11.6 Å². The van der Waals surface area contributed by atoms with Crippen molar-refractivity contribution in [3.05, 3.63) is 65.5 Å². The van der Waals surface area contributed by atoms with Crippen LogP contribution in [0, 0.1) is 5.82 Å². The lowest BCUT2D eigenvalue weighted by atomic mass is 9.83.